The first kappa shape index (κ1) is 24.4. The fraction of sp³-hybridized carbons (Fsp3) is 0.480. The molecule has 6 heteroatoms. The van der Waals surface area contributed by atoms with E-state index in [1.807, 2.05) is 58.0 Å². The Labute approximate surface area is 185 Å². The van der Waals surface area contributed by atoms with E-state index in [1.165, 1.54) is 4.57 Å². The molecule has 0 aliphatic rings. The van der Waals surface area contributed by atoms with Gasteiger partial charge in [-0.25, -0.2) is 19.1 Å². The summed E-state index contributed by atoms with van der Waals surface area (Å²) in [4.78, 5) is 30.2. The molecule has 0 aliphatic carbocycles. The highest BCUT2D eigenvalue weighted by Gasteiger charge is 2.23. The number of ether oxygens (including phenoxy) is 2. The van der Waals surface area contributed by atoms with Crippen molar-refractivity contribution in [3.8, 4) is 0 Å². The zero-order valence-electron chi connectivity index (χ0n) is 19.5. The molecule has 2 aromatic rings. The molecule has 0 atom stereocenters. The number of carbonyl (C=O) groups is 2. The minimum absolute atomic E-state index is 0.290. The molecule has 0 unspecified atom stereocenters. The van der Waals surface area contributed by atoms with Crippen LogP contribution in [0.1, 0.15) is 71.5 Å². The van der Waals surface area contributed by atoms with E-state index in [2.05, 4.69) is 6.92 Å². The van der Waals surface area contributed by atoms with Gasteiger partial charge in [0.05, 0.1) is 12.3 Å². The summed E-state index contributed by atoms with van der Waals surface area (Å²) < 4.78 is 12.3. The quantitative estimate of drug-likeness (QED) is 0.407. The monoisotopic (exact) mass is 426 g/mol. The van der Waals surface area contributed by atoms with Crippen LogP contribution in [0.4, 0.5) is 4.79 Å². The van der Waals surface area contributed by atoms with Crippen LogP contribution < -0.4 is 0 Å². The van der Waals surface area contributed by atoms with Crippen molar-refractivity contribution in [2.24, 2.45) is 0 Å². The standard InChI is InChI=1S/C25H34N2O4/c1-7-9-15-22-26-21(17-27(22)24(29)31-25(4,5)6)18(3)20(23(28)30-8-2)16-19-13-11-10-12-14-19/h10-14,17H,7-9,15-16H2,1-6H3. The van der Waals surface area contributed by atoms with E-state index in [-0.39, 0.29) is 5.97 Å². The first-order valence-corrected chi connectivity index (χ1v) is 10.9. The maximum Gasteiger partial charge on any atom is 0.420 e. The lowest BCUT2D eigenvalue weighted by Crippen LogP contribution is -2.27. The number of unbranched alkanes of at least 4 members (excludes halogenated alkanes) is 1. The number of benzene rings is 1. The molecule has 1 aromatic heterocycles. The van der Waals surface area contributed by atoms with Crippen LogP contribution in [0.15, 0.2) is 42.1 Å². The topological polar surface area (TPSA) is 70.4 Å². The molecule has 0 radical (unpaired) electrons. The van der Waals surface area contributed by atoms with Crippen LogP contribution in [0, 0.1) is 0 Å². The first-order valence-electron chi connectivity index (χ1n) is 10.9. The normalized spacial score (nSPS) is 12.3. The zero-order chi connectivity index (χ0) is 23.0. The van der Waals surface area contributed by atoms with E-state index in [9.17, 15) is 9.59 Å². The van der Waals surface area contributed by atoms with Crippen LogP contribution in [0.2, 0.25) is 0 Å². The summed E-state index contributed by atoms with van der Waals surface area (Å²) in [5.41, 5.74) is 2.20. The van der Waals surface area contributed by atoms with Gasteiger partial charge in [0.2, 0.25) is 0 Å². The molecule has 0 spiro atoms. The largest absolute Gasteiger partial charge is 0.463 e. The van der Waals surface area contributed by atoms with Gasteiger partial charge in [-0.1, -0.05) is 43.7 Å². The molecule has 0 N–H and O–H groups in total. The number of nitrogens with zero attached hydrogens (tertiary/aromatic N) is 2. The minimum atomic E-state index is -0.613. The van der Waals surface area contributed by atoms with Crippen molar-refractivity contribution >= 4 is 17.6 Å². The molecule has 168 valence electrons. The Bertz CT molecular complexity index is 921. The molecule has 1 heterocycles. The maximum absolute atomic E-state index is 12.8. The molecule has 0 saturated heterocycles. The van der Waals surface area contributed by atoms with Crippen LogP contribution in [0.25, 0.3) is 5.57 Å². The second-order valence-electron chi connectivity index (χ2n) is 8.48. The van der Waals surface area contributed by atoms with Crippen molar-refractivity contribution < 1.29 is 19.1 Å². The van der Waals surface area contributed by atoms with Gasteiger partial charge in [0.1, 0.15) is 11.4 Å². The number of hydrogen-bond acceptors (Lipinski definition) is 5. The number of carbonyl (C=O) groups excluding carboxylic acids is 2. The maximum atomic E-state index is 12.8. The highest BCUT2D eigenvalue weighted by atomic mass is 16.6. The Balaban J connectivity index is 2.50. The summed E-state index contributed by atoms with van der Waals surface area (Å²) >= 11 is 0. The summed E-state index contributed by atoms with van der Waals surface area (Å²) in [7, 11) is 0. The Morgan fingerprint density at radius 3 is 2.35 bits per heavy atom. The second kappa shape index (κ2) is 10.9. The van der Waals surface area contributed by atoms with E-state index >= 15 is 0 Å². The Kier molecular flexibility index (Phi) is 8.60. The van der Waals surface area contributed by atoms with Crippen molar-refractivity contribution in [3.63, 3.8) is 0 Å². The van der Waals surface area contributed by atoms with Gasteiger partial charge in [-0.05, 0) is 52.2 Å². The van der Waals surface area contributed by atoms with Gasteiger partial charge in [0.15, 0.2) is 0 Å². The SMILES string of the molecule is CCCCc1nc(C(C)=C(Cc2ccccc2)C(=O)OCC)cn1C(=O)OC(C)(C)C. The minimum Gasteiger partial charge on any atom is -0.463 e. The number of aryl methyl sites for hydroxylation is 1. The Morgan fingerprint density at radius 2 is 1.77 bits per heavy atom. The molecular weight excluding hydrogens is 392 g/mol. The lowest BCUT2D eigenvalue weighted by Gasteiger charge is -2.20. The number of esters is 1. The molecule has 1 aromatic carbocycles. The van der Waals surface area contributed by atoms with Crippen LogP contribution in [0.5, 0.6) is 0 Å². The number of allylic oxidation sites excluding steroid dienone is 1. The van der Waals surface area contributed by atoms with Crippen LogP contribution in [0.3, 0.4) is 0 Å². The summed E-state index contributed by atoms with van der Waals surface area (Å²) in [5.74, 6) is 0.263. The van der Waals surface area contributed by atoms with Crippen LogP contribution in [-0.2, 0) is 27.1 Å². The predicted octanol–water partition coefficient (Wildman–Crippen LogP) is 5.59. The van der Waals surface area contributed by atoms with Gasteiger partial charge in [-0.2, -0.15) is 0 Å². The van der Waals surface area contributed by atoms with Crippen molar-refractivity contribution in [1.82, 2.24) is 9.55 Å². The molecule has 0 saturated carbocycles. The zero-order valence-corrected chi connectivity index (χ0v) is 19.5. The molecule has 6 nitrogen and oxygen atoms in total. The van der Waals surface area contributed by atoms with Gasteiger partial charge in [0.25, 0.3) is 0 Å². The van der Waals surface area contributed by atoms with Crippen molar-refractivity contribution in [1.29, 1.82) is 0 Å². The lowest BCUT2D eigenvalue weighted by molar-refractivity contribution is -0.138. The van der Waals surface area contributed by atoms with Crippen molar-refractivity contribution in [3.05, 3.63) is 59.2 Å². The molecule has 31 heavy (non-hydrogen) atoms. The smallest absolute Gasteiger partial charge is 0.420 e. The average molecular weight is 427 g/mol. The molecule has 0 amide bonds. The highest BCUT2D eigenvalue weighted by molar-refractivity contribution is 5.97. The summed E-state index contributed by atoms with van der Waals surface area (Å²) in [6, 6.07) is 9.75. The Morgan fingerprint density at radius 1 is 1.10 bits per heavy atom. The molecular formula is C25H34N2O4. The Hall–Kier alpha value is -2.89. The fourth-order valence-electron chi connectivity index (χ4n) is 3.11. The van der Waals surface area contributed by atoms with E-state index in [4.69, 9.17) is 14.5 Å². The van der Waals surface area contributed by atoms with E-state index in [0.717, 1.165) is 18.4 Å². The van der Waals surface area contributed by atoms with Gasteiger partial charge >= 0.3 is 12.1 Å². The van der Waals surface area contributed by atoms with Crippen molar-refractivity contribution in [2.45, 2.75) is 72.8 Å². The highest BCUT2D eigenvalue weighted by Crippen LogP contribution is 2.24. The van der Waals surface area contributed by atoms with E-state index in [1.54, 1.807) is 13.1 Å². The van der Waals surface area contributed by atoms with Gasteiger partial charge in [-0.3, -0.25) is 0 Å². The first-order chi connectivity index (χ1) is 14.7. The molecule has 0 bridgehead atoms. The third-order valence-corrected chi connectivity index (χ3v) is 4.71. The number of hydrogen-bond donors (Lipinski definition) is 0. The molecule has 2 rings (SSSR count). The van der Waals surface area contributed by atoms with Crippen LogP contribution in [-0.4, -0.2) is 33.8 Å². The fourth-order valence-corrected chi connectivity index (χ4v) is 3.11. The summed E-state index contributed by atoms with van der Waals surface area (Å²) in [5, 5.41) is 0. The number of imidazole rings is 1. The van der Waals surface area contributed by atoms with Gasteiger partial charge < -0.3 is 9.47 Å². The molecule has 0 fully saturated rings. The van der Waals surface area contributed by atoms with E-state index < -0.39 is 11.7 Å². The van der Waals surface area contributed by atoms with Gasteiger partial charge in [-0.15, -0.1) is 0 Å². The summed E-state index contributed by atoms with van der Waals surface area (Å²) in [6.07, 6.45) is 4.15. The third-order valence-electron chi connectivity index (χ3n) is 4.71. The van der Waals surface area contributed by atoms with Crippen LogP contribution >= 0.6 is 0 Å². The predicted molar refractivity (Wildman–Crippen MR) is 122 cm³/mol. The summed E-state index contributed by atoms with van der Waals surface area (Å²) in [6.45, 7) is 11.5. The lowest BCUT2D eigenvalue weighted by atomic mass is 9.99. The van der Waals surface area contributed by atoms with Crippen molar-refractivity contribution in [2.75, 3.05) is 6.61 Å². The molecule has 0 aliphatic heterocycles. The third kappa shape index (κ3) is 7.09. The number of aromatic nitrogens is 2. The van der Waals surface area contributed by atoms with E-state index in [0.29, 0.717) is 42.1 Å². The number of rotatable bonds is 8. The second-order valence-corrected chi connectivity index (χ2v) is 8.48. The van der Waals surface area contributed by atoms with Gasteiger partial charge in [0, 0.05) is 24.6 Å². The average Bonchev–Trinajstić information content (AvgIpc) is 3.14.